The number of likely N-dealkylation sites (tertiary alicyclic amines) is 1. The number of aliphatic hydroxyl groups is 1. The molecular formula is C17H19FN2O2. The maximum absolute atomic E-state index is 13.5. The summed E-state index contributed by atoms with van der Waals surface area (Å²) in [6.45, 7) is 1.10. The Kier molecular flexibility index (Phi) is 3.47. The Morgan fingerprint density at radius 3 is 3.00 bits per heavy atom. The molecule has 0 spiro atoms. The van der Waals surface area contributed by atoms with Gasteiger partial charge in [-0.05, 0) is 37.0 Å². The lowest BCUT2D eigenvalue weighted by atomic mass is 10.0. The monoisotopic (exact) mass is 302 g/mol. The Balaban J connectivity index is 1.53. The highest BCUT2D eigenvalue weighted by atomic mass is 19.1. The minimum atomic E-state index is -0.397. The van der Waals surface area contributed by atoms with Gasteiger partial charge in [0.2, 0.25) is 5.89 Å². The number of hydrogen-bond donors (Lipinski definition) is 1. The van der Waals surface area contributed by atoms with E-state index in [0.717, 1.165) is 11.3 Å². The number of benzene rings is 1. The molecule has 2 aliphatic rings. The van der Waals surface area contributed by atoms with Crippen molar-refractivity contribution in [3.63, 3.8) is 0 Å². The zero-order valence-corrected chi connectivity index (χ0v) is 12.3. The maximum atomic E-state index is 13.5. The standard InChI is InChI=1S/C17H19FN2O2/c18-13-3-1-2-12(6-13)15-7-14(21)9-20(15)10-17-19-8-16(22-17)11-4-5-11/h1-3,6,8,11,14-15,21H,4-5,7,9-10H2/t14-,15-/m1/s1. The number of rotatable bonds is 4. The van der Waals surface area contributed by atoms with Gasteiger partial charge in [-0.15, -0.1) is 0 Å². The van der Waals surface area contributed by atoms with Crippen LogP contribution in [0, 0.1) is 5.82 Å². The number of aliphatic hydroxyl groups excluding tert-OH is 1. The highest BCUT2D eigenvalue weighted by Crippen LogP contribution is 2.40. The Morgan fingerprint density at radius 1 is 1.36 bits per heavy atom. The molecule has 22 heavy (non-hydrogen) atoms. The van der Waals surface area contributed by atoms with Crippen LogP contribution in [0.25, 0.3) is 0 Å². The summed E-state index contributed by atoms with van der Waals surface area (Å²) in [4.78, 5) is 6.46. The Labute approximate surface area is 128 Å². The van der Waals surface area contributed by atoms with Crippen molar-refractivity contribution in [3.05, 3.63) is 53.5 Å². The van der Waals surface area contributed by atoms with Crippen LogP contribution in [0.5, 0.6) is 0 Å². The van der Waals surface area contributed by atoms with Crippen molar-refractivity contribution < 1.29 is 13.9 Å². The van der Waals surface area contributed by atoms with Gasteiger partial charge in [0.15, 0.2) is 0 Å². The number of halogens is 1. The number of oxazole rings is 1. The van der Waals surface area contributed by atoms with Gasteiger partial charge < -0.3 is 9.52 Å². The first-order valence-electron chi connectivity index (χ1n) is 7.81. The van der Waals surface area contributed by atoms with Crippen LogP contribution in [0.4, 0.5) is 4.39 Å². The van der Waals surface area contributed by atoms with Gasteiger partial charge in [0.25, 0.3) is 0 Å². The van der Waals surface area contributed by atoms with E-state index in [4.69, 9.17) is 4.42 Å². The molecule has 1 aliphatic carbocycles. The van der Waals surface area contributed by atoms with Gasteiger partial charge in [0, 0.05) is 18.5 Å². The van der Waals surface area contributed by atoms with Crippen LogP contribution < -0.4 is 0 Å². The van der Waals surface area contributed by atoms with Crippen LogP contribution >= 0.6 is 0 Å². The quantitative estimate of drug-likeness (QED) is 0.943. The number of nitrogens with zero attached hydrogens (tertiary/aromatic N) is 2. The van der Waals surface area contributed by atoms with E-state index in [1.54, 1.807) is 12.1 Å². The summed E-state index contributed by atoms with van der Waals surface area (Å²) in [6.07, 6.45) is 4.40. The first kappa shape index (κ1) is 13.9. The molecule has 2 heterocycles. The third-order valence-corrected chi connectivity index (χ3v) is 4.50. The summed E-state index contributed by atoms with van der Waals surface area (Å²) >= 11 is 0. The maximum Gasteiger partial charge on any atom is 0.208 e. The molecule has 2 atom stereocenters. The van der Waals surface area contributed by atoms with Gasteiger partial charge in [-0.2, -0.15) is 0 Å². The van der Waals surface area contributed by atoms with Gasteiger partial charge in [0.05, 0.1) is 18.8 Å². The Hall–Kier alpha value is -1.72. The highest BCUT2D eigenvalue weighted by Gasteiger charge is 2.34. The fourth-order valence-corrected chi connectivity index (χ4v) is 3.24. The number of β-amino-alcohol motifs (C(OH)–C–C–N with tert-alkyl or cyclic N) is 1. The van der Waals surface area contributed by atoms with E-state index in [0.29, 0.717) is 31.3 Å². The molecule has 0 unspecified atom stereocenters. The van der Waals surface area contributed by atoms with Crippen LogP contribution in [-0.2, 0) is 6.54 Å². The molecule has 0 bridgehead atoms. The summed E-state index contributed by atoms with van der Waals surface area (Å²) in [5.74, 6) is 1.95. The molecule has 116 valence electrons. The third-order valence-electron chi connectivity index (χ3n) is 4.50. The summed E-state index contributed by atoms with van der Waals surface area (Å²) in [6, 6.07) is 6.60. The molecule has 0 radical (unpaired) electrons. The molecule has 1 N–H and O–H groups in total. The molecule has 2 fully saturated rings. The second-order valence-electron chi connectivity index (χ2n) is 6.32. The van der Waals surface area contributed by atoms with Gasteiger partial charge in [-0.25, -0.2) is 9.37 Å². The molecule has 4 rings (SSSR count). The minimum absolute atomic E-state index is 0.00183. The predicted molar refractivity (Wildman–Crippen MR) is 78.7 cm³/mol. The van der Waals surface area contributed by atoms with Crippen molar-refractivity contribution >= 4 is 0 Å². The van der Waals surface area contributed by atoms with Crippen LogP contribution in [0.3, 0.4) is 0 Å². The largest absolute Gasteiger partial charge is 0.444 e. The van der Waals surface area contributed by atoms with Crippen LogP contribution in [0.15, 0.2) is 34.9 Å². The van der Waals surface area contributed by atoms with E-state index < -0.39 is 6.10 Å². The van der Waals surface area contributed by atoms with Gasteiger partial charge in [-0.1, -0.05) is 12.1 Å². The summed E-state index contributed by atoms with van der Waals surface area (Å²) in [5, 5.41) is 10.00. The minimum Gasteiger partial charge on any atom is -0.444 e. The van der Waals surface area contributed by atoms with Crippen LogP contribution in [0.1, 0.15) is 48.4 Å². The molecular weight excluding hydrogens is 283 g/mol. The first-order chi connectivity index (χ1) is 10.7. The Bertz CT molecular complexity index is 668. The van der Waals surface area contributed by atoms with Crippen molar-refractivity contribution in [1.82, 2.24) is 9.88 Å². The summed E-state index contributed by atoms with van der Waals surface area (Å²) < 4.78 is 19.3. The smallest absolute Gasteiger partial charge is 0.208 e. The normalized spacial score (nSPS) is 25.7. The predicted octanol–water partition coefficient (Wildman–Crippen LogP) is 3.00. The van der Waals surface area contributed by atoms with Crippen LogP contribution in [0.2, 0.25) is 0 Å². The van der Waals surface area contributed by atoms with Gasteiger partial charge in [-0.3, -0.25) is 4.90 Å². The summed E-state index contributed by atoms with van der Waals surface area (Å²) in [7, 11) is 0. The molecule has 1 aliphatic heterocycles. The molecule has 1 saturated carbocycles. The fraction of sp³-hybridized carbons (Fsp3) is 0.471. The number of aromatic nitrogens is 1. The lowest BCUT2D eigenvalue weighted by Crippen LogP contribution is -2.24. The zero-order valence-electron chi connectivity index (χ0n) is 12.3. The van der Waals surface area contributed by atoms with E-state index in [1.165, 1.54) is 18.9 Å². The van der Waals surface area contributed by atoms with E-state index in [1.807, 2.05) is 12.3 Å². The SMILES string of the molecule is O[C@@H]1C[C@H](c2cccc(F)c2)N(Cc2ncc(C3CC3)o2)C1. The Morgan fingerprint density at radius 2 is 2.23 bits per heavy atom. The molecule has 1 aromatic heterocycles. The second kappa shape index (κ2) is 5.48. The van der Waals surface area contributed by atoms with E-state index in [-0.39, 0.29) is 11.9 Å². The van der Waals surface area contributed by atoms with Crippen molar-refractivity contribution in [2.24, 2.45) is 0 Å². The first-order valence-corrected chi connectivity index (χ1v) is 7.81. The molecule has 2 aromatic rings. The number of hydrogen-bond acceptors (Lipinski definition) is 4. The zero-order chi connectivity index (χ0) is 15.1. The fourth-order valence-electron chi connectivity index (χ4n) is 3.24. The lowest BCUT2D eigenvalue weighted by Gasteiger charge is -2.23. The topological polar surface area (TPSA) is 49.5 Å². The van der Waals surface area contributed by atoms with Crippen molar-refractivity contribution in [1.29, 1.82) is 0 Å². The summed E-state index contributed by atoms with van der Waals surface area (Å²) in [5.41, 5.74) is 0.894. The van der Waals surface area contributed by atoms with Crippen LogP contribution in [-0.4, -0.2) is 27.6 Å². The van der Waals surface area contributed by atoms with Crippen molar-refractivity contribution in [3.8, 4) is 0 Å². The van der Waals surface area contributed by atoms with Gasteiger partial charge >= 0.3 is 0 Å². The second-order valence-corrected chi connectivity index (χ2v) is 6.32. The third kappa shape index (κ3) is 2.78. The molecule has 4 nitrogen and oxygen atoms in total. The average Bonchev–Trinajstić information content (AvgIpc) is 3.13. The lowest BCUT2D eigenvalue weighted by molar-refractivity contribution is 0.166. The van der Waals surface area contributed by atoms with E-state index in [9.17, 15) is 9.50 Å². The highest BCUT2D eigenvalue weighted by molar-refractivity contribution is 5.22. The molecule has 5 heteroatoms. The molecule has 1 saturated heterocycles. The van der Waals surface area contributed by atoms with Gasteiger partial charge in [0.1, 0.15) is 11.6 Å². The molecule has 1 aromatic carbocycles. The van der Waals surface area contributed by atoms with Crippen molar-refractivity contribution in [2.45, 2.75) is 43.9 Å². The van der Waals surface area contributed by atoms with E-state index >= 15 is 0 Å². The van der Waals surface area contributed by atoms with Crippen molar-refractivity contribution in [2.75, 3.05) is 6.54 Å². The molecule has 0 amide bonds. The average molecular weight is 302 g/mol. The van der Waals surface area contributed by atoms with E-state index in [2.05, 4.69) is 9.88 Å².